The Morgan fingerprint density at radius 1 is 1.41 bits per heavy atom. The fraction of sp³-hybridized carbons (Fsp3) is 0.615. The van der Waals surface area contributed by atoms with E-state index in [4.69, 9.17) is 4.74 Å². The summed E-state index contributed by atoms with van der Waals surface area (Å²) in [4.78, 5) is 6.53. The molecule has 1 rings (SSSR count). The zero-order valence-electron chi connectivity index (χ0n) is 11.1. The van der Waals surface area contributed by atoms with Gasteiger partial charge in [0.05, 0.1) is 12.7 Å². The van der Waals surface area contributed by atoms with Crippen molar-refractivity contribution in [3.05, 3.63) is 23.9 Å². The van der Waals surface area contributed by atoms with E-state index in [0.29, 0.717) is 12.6 Å². The zero-order valence-corrected chi connectivity index (χ0v) is 11.1. The van der Waals surface area contributed by atoms with Crippen LogP contribution < -0.4 is 4.90 Å². The van der Waals surface area contributed by atoms with Crippen LogP contribution in [0.1, 0.15) is 32.4 Å². The van der Waals surface area contributed by atoms with E-state index in [-0.39, 0.29) is 0 Å². The Hall–Kier alpha value is -1.13. The molecule has 0 aliphatic heterocycles. The first-order valence-corrected chi connectivity index (χ1v) is 5.96. The van der Waals surface area contributed by atoms with E-state index in [1.54, 1.807) is 20.2 Å². The highest BCUT2D eigenvalue weighted by Gasteiger charge is 2.17. The van der Waals surface area contributed by atoms with E-state index in [1.165, 1.54) is 0 Å². The van der Waals surface area contributed by atoms with Gasteiger partial charge in [0.15, 0.2) is 0 Å². The third-order valence-electron chi connectivity index (χ3n) is 2.70. The van der Waals surface area contributed by atoms with Gasteiger partial charge in [0.2, 0.25) is 0 Å². The molecule has 0 unspecified atom stereocenters. The van der Waals surface area contributed by atoms with Gasteiger partial charge in [-0.05, 0) is 26.8 Å². The zero-order chi connectivity index (χ0) is 12.8. The summed E-state index contributed by atoms with van der Waals surface area (Å²) in [5.74, 6) is 0.842. The highest BCUT2D eigenvalue weighted by molar-refractivity contribution is 5.48. The lowest BCUT2D eigenvalue weighted by Crippen LogP contribution is -2.35. The largest absolute Gasteiger partial charge is 0.389 e. The van der Waals surface area contributed by atoms with Gasteiger partial charge in [-0.15, -0.1) is 0 Å². The van der Waals surface area contributed by atoms with E-state index >= 15 is 0 Å². The van der Waals surface area contributed by atoms with Gasteiger partial charge in [0.25, 0.3) is 0 Å². The Labute approximate surface area is 103 Å². The molecular formula is C13H22N2O2. The normalized spacial score (nSPS) is 12.8. The molecule has 1 aromatic heterocycles. The van der Waals surface area contributed by atoms with Crippen molar-refractivity contribution in [2.24, 2.45) is 0 Å². The van der Waals surface area contributed by atoms with Crippen molar-refractivity contribution < 1.29 is 9.84 Å². The van der Waals surface area contributed by atoms with Crippen LogP contribution in [0.15, 0.2) is 18.3 Å². The van der Waals surface area contributed by atoms with Crippen LogP contribution in [0, 0.1) is 0 Å². The molecule has 1 heterocycles. The van der Waals surface area contributed by atoms with Crippen LogP contribution >= 0.6 is 0 Å². The number of methoxy groups -OCH3 is 1. The van der Waals surface area contributed by atoms with Crippen LogP contribution in [0.5, 0.6) is 0 Å². The van der Waals surface area contributed by atoms with Gasteiger partial charge in [-0.25, -0.2) is 4.98 Å². The summed E-state index contributed by atoms with van der Waals surface area (Å²) in [6.45, 7) is 7.39. The lowest BCUT2D eigenvalue weighted by molar-refractivity contribution is 0.196. The third kappa shape index (κ3) is 3.68. The number of pyridine rings is 1. The molecule has 0 saturated heterocycles. The molecule has 0 bridgehead atoms. The average Bonchev–Trinajstić information content (AvgIpc) is 2.29. The lowest BCUT2D eigenvalue weighted by atomic mass is 10.1. The van der Waals surface area contributed by atoms with Crippen molar-refractivity contribution in [2.75, 3.05) is 25.2 Å². The average molecular weight is 238 g/mol. The van der Waals surface area contributed by atoms with Crippen molar-refractivity contribution in [1.82, 2.24) is 4.98 Å². The molecule has 0 radical (unpaired) electrons. The maximum Gasteiger partial charge on any atom is 0.134 e. The van der Waals surface area contributed by atoms with Crippen molar-refractivity contribution >= 4 is 5.82 Å². The summed E-state index contributed by atoms with van der Waals surface area (Å²) < 4.78 is 5.11. The first kappa shape index (κ1) is 13.9. The van der Waals surface area contributed by atoms with Crippen LogP contribution in [0.4, 0.5) is 5.82 Å². The van der Waals surface area contributed by atoms with Gasteiger partial charge < -0.3 is 14.7 Å². The van der Waals surface area contributed by atoms with Gasteiger partial charge >= 0.3 is 0 Å². The van der Waals surface area contributed by atoms with E-state index in [1.807, 2.05) is 12.1 Å². The minimum Gasteiger partial charge on any atom is -0.389 e. The maximum atomic E-state index is 9.76. The maximum absolute atomic E-state index is 9.76. The smallest absolute Gasteiger partial charge is 0.134 e. The quantitative estimate of drug-likeness (QED) is 0.823. The summed E-state index contributed by atoms with van der Waals surface area (Å²) in [6, 6.07) is 4.08. The summed E-state index contributed by atoms with van der Waals surface area (Å²) in [5, 5.41) is 9.76. The molecule has 17 heavy (non-hydrogen) atoms. The summed E-state index contributed by atoms with van der Waals surface area (Å²) >= 11 is 0. The molecule has 0 aromatic carbocycles. The second-order valence-corrected chi connectivity index (χ2v) is 4.37. The summed E-state index contributed by atoms with van der Waals surface area (Å²) in [7, 11) is 1.69. The fourth-order valence-electron chi connectivity index (χ4n) is 1.77. The van der Waals surface area contributed by atoms with E-state index in [9.17, 15) is 5.11 Å². The Morgan fingerprint density at radius 2 is 2.12 bits per heavy atom. The highest BCUT2D eigenvalue weighted by Crippen LogP contribution is 2.24. The SMILES string of the molecule is COCCN(c1ncccc1[C@H](C)O)C(C)C. The molecule has 0 aliphatic rings. The fourth-order valence-corrected chi connectivity index (χ4v) is 1.77. The Balaban J connectivity index is 3.00. The molecule has 1 aromatic rings. The molecule has 0 amide bonds. The van der Waals surface area contributed by atoms with Crippen LogP contribution in [0.3, 0.4) is 0 Å². The number of nitrogens with zero attached hydrogens (tertiary/aromatic N) is 2. The van der Waals surface area contributed by atoms with Crippen molar-refractivity contribution in [3.63, 3.8) is 0 Å². The Morgan fingerprint density at radius 3 is 2.65 bits per heavy atom. The number of ether oxygens (including phenoxy) is 1. The van der Waals surface area contributed by atoms with E-state index in [0.717, 1.165) is 17.9 Å². The number of aliphatic hydroxyl groups excluding tert-OH is 1. The molecular weight excluding hydrogens is 216 g/mol. The predicted octanol–water partition coefficient (Wildman–Crippen LogP) is 2.00. The highest BCUT2D eigenvalue weighted by atomic mass is 16.5. The van der Waals surface area contributed by atoms with Crippen LogP contribution in [0.25, 0.3) is 0 Å². The van der Waals surface area contributed by atoms with Crippen LogP contribution in [0.2, 0.25) is 0 Å². The van der Waals surface area contributed by atoms with Crippen molar-refractivity contribution in [3.8, 4) is 0 Å². The first-order chi connectivity index (χ1) is 8.07. The standard InChI is InChI=1S/C13H22N2O2/c1-10(2)15(8-9-17-4)13-12(11(3)16)6-5-7-14-13/h5-7,10-11,16H,8-9H2,1-4H3/t11-/m0/s1. The van der Waals surface area contributed by atoms with Gasteiger partial charge in [-0.2, -0.15) is 0 Å². The Kier molecular flexibility index (Phi) is 5.38. The minimum atomic E-state index is -0.512. The number of anilines is 1. The number of hydrogen-bond acceptors (Lipinski definition) is 4. The number of aromatic nitrogens is 1. The number of aliphatic hydroxyl groups is 1. The van der Waals surface area contributed by atoms with E-state index in [2.05, 4.69) is 23.7 Å². The van der Waals surface area contributed by atoms with Crippen LogP contribution in [-0.2, 0) is 4.74 Å². The second kappa shape index (κ2) is 6.57. The molecule has 1 atom stereocenters. The van der Waals surface area contributed by atoms with E-state index < -0.39 is 6.10 Å². The summed E-state index contributed by atoms with van der Waals surface area (Å²) in [6.07, 6.45) is 1.24. The number of hydrogen-bond donors (Lipinski definition) is 1. The molecule has 1 N–H and O–H groups in total. The lowest BCUT2D eigenvalue weighted by Gasteiger charge is -2.30. The molecule has 0 spiro atoms. The third-order valence-corrected chi connectivity index (χ3v) is 2.70. The van der Waals surface area contributed by atoms with Crippen LogP contribution in [-0.4, -0.2) is 36.4 Å². The molecule has 0 saturated carbocycles. The molecule has 0 aliphatic carbocycles. The van der Waals surface area contributed by atoms with Gasteiger partial charge in [-0.3, -0.25) is 0 Å². The monoisotopic (exact) mass is 238 g/mol. The topological polar surface area (TPSA) is 45.6 Å². The second-order valence-electron chi connectivity index (χ2n) is 4.37. The number of rotatable bonds is 6. The molecule has 4 nitrogen and oxygen atoms in total. The van der Waals surface area contributed by atoms with Gasteiger partial charge in [0.1, 0.15) is 5.82 Å². The molecule has 96 valence electrons. The molecule has 4 heteroatoms. The molecule has 0 fully saturated rings. The van der Waals surface area contributed by atoms with Gasteiger partial charge in [0, 0.05) is 31.5 Å². The minimum absolute atomic E-state index is 0.317. The first-order valence-electron chi connectivity index (χ1n) is 5.96. The predicted molar refractivity (Wildman–Crippen MR) is 69.2 cm³/mol. The Bertz CT molecular complexity index is 340. The van der Waals surface area contributed by atoms with Gasteiger partial charge in [-0.1, -0.05) is 6.07 Å². The van der Waals surface area contributed by atoms with Crippen molar-refractivity contribution in [2.45, 2.75) is 32.9 Å². The van der Waals surface area contributed by atoms with Crippen molar-refractivity contribution in [1.29, 1.82) is 0 Å². The summed E-state index contributed by atoms with van der Waals surface area (Å²) in [5.41, 5.74) is 0.859.